The summed E-state index contributed by atoms with van der Waals surface area (Å²) in [6.45, 7) is 5.70. The number of carbonyl (C=O) groups is 1. The Hall–Kier alpha value is -1.35. The first kappa shape index (κ1) is 11.1. The summed E-state index contributed by atoms with van der Waals surface area (Å²) in [6.07, 6.45) is 0.839. The highest BCUT2D eigenvalue weighted by Gasteiger charge is 2.46. The van der Waals surface area contributed by atoms with Gasteiger partial charge < -0.3 is 4.74 Å². The van der Waals surface area contributed by atoms with Crippen molar-refractivity contribution in [2.75, 3.05) is 0 Å². The number of carbonyl (C=O) groups excluding carboxylic acids is 1. The number of hydrogen-bond donors (Lipinski definition) is 0. The van der Waals surface area contributed by atoms with Crippen LogP contribution in [0.2, 0.25) is 0 Å². The number of hydrogen-bond acceptors (Lipinski definition) is 3. The molecule has 0 spiro atoms. The van der Waals surface area contributed by atoms with E-state index in [1.807, 2.05) is 18.2 Å². The zero-order valence-corrected chi connectivity index (χ0v) is 9.72. The Morgan fingerprint density at radius 3 is 2.69 bits per heavy atom. The van der Waals surface area contributed by atoms with Crippen LogP contribution in [0.1, 0.15) is 25.8 Å². The van der Waals surface area contributed by atoms with Gasteiger partial charge in [0.1, 0.15) is 0 Å². The first-order valence-corrected chi connectivity index (χ1v) is 5.53. The van der Waals surface area contributed by atoms with E-state index in [9.17, 15) is 4.79 Å². The summed E-state index contributed by atoms with van der Waals surface area (Å²) in [5.41, 5.74) is 1.36. The highest BCUT2D eigenvalue weighted by atomic mass is 16.5. The second-order valence-electron chi connectivity index (χ2n) is 4.82. The lowest BCUT2D eigenvalue weighted by Crippen LogP contribution is -2.62. The Kier molecular flexibility index (Phi) is 2.97. The zero-order chi connectivity index (χ0) is 11.6. The van der Waals surface area contributed by atoms with Crippen LogP contribution in [0.15, 0.2) is 30.3 Å². The Bertz CT molecular complexity index is 361. The molecule has 1 aromatic rings. The maximum atomic E-state index is 10.4. The molecule has 1 unspecified atom stereocenters. The highest BCUT2D eigenvalue weighted by Crippen LogP contribution is 2.37. The summed E-state index contributed by atoms with van der Waals surface area (Å²) in [6, 6.07) is 10.2. The summed E-state index contributed by atoms with van der Waals surface area (Å²) < 4.78 is 5.04. The van der Waals surface area contributed by atoms with Gasteiger partial charge in [0, 0.05) is 18.5 Å². The molecule has 0 bridgehead atoms. The average Bonchev–Trinajstić information content (AvgIpc) is 2.27. The van der Waals surface area contributed by atoms with Crippen molar-refractivity contribution in [3.05, 3.63) is 35.9 Å². The molecule has 1 aromatic carbocycles. The van der Waals surface area contributed by atoms with Gasteiger partial charge in [0.05, 0.1) is 0 Å². The Morgan fingerprint density at radius 1 is 1.44 bits per heavy atom. The highest BCUT2D eigenvalue weighted by molar-refractivity contribution is 5.38. The van der Waals surface area contributed by atoms with Gasteiger partial charge in [0.25, 0.3) is 6.47 Å². The molecule has 1 fully saturated rings. The Labute approximate surface area is 96.0 Å². The lowest BCUT2D eigenvalue weighted by molar-refractivity contribution is -0.193. The van der Waals surface area contributed by atoms with Gasteiger partial charge in [-0.15, -0.1) is 0 Å². The fourth-order valence-corrected chi connectivity index (χ4v) is 2.21. The van der Waals surface area contributed by atoms with Gasteiger partial charge in [-0.1, -0.05) is 30.3 Å². The molecule has 86 valence electrons. The number of likely N-dealkylation sites (tertiary alicyclic amines) is 1. The van der Waals surface area contributed by atoms with Gasteiger partial charge in [0.2, 0.25) is 0 Å². The molecule has 16 heavy (non-hydrogen) atoms. The van der Waals surface area contributed by atoms with Crippen molar-refractivity contribution in [3.8, 4) is 0 Å². The lowest BCUT2D eigenvalue weighted by atomic mass is 9.86. The molecule has 0 saturated carbocycles. The SMILES string of the molecule is CC1(C)CC(OC=O)N1Cc1ccccc1. The van der Waals surface area contributed by atoms with E-state index in [-0.39, 0.29) is 11.8 Å². The van der Waals surface area contributed by atoms with Gasteiger partial charge in [-0.2, -0.15) is 0 Å². The first-order chi connectivity index (χ1) is 7.63. The van der Waals surface area contributed by atoms with Crippen LogP contribution in [0, 0.1) is 0 Å². The van der Waals surface area contributed by atoms with Crippen molar-refractivity contribution in [3.63, 3.8) is 0 Å². The molecule has 2 rings (SSSR count). The summed E-state index contributed by atoms with van der Waals surface area (Å²) in [7, 11) is 0. The lowest BCUT2D eigenvalue weighted by Gasteiger charge is -2.53. The number of rotatable bonds is 4. The maximum absolute atomic E-state index is 10.4. The normalized spacial score (nSPS) is 23.5. The monoisotopic (exact) mass is 219 g/mol. The van der Waals surface area contributed by atoms with Crippen LogP contribution in [0.5, 0.6) is 0 Å². The molecule has 1 heterocycles. The smallest absolute Gasteiger partial charge is 0.294 e. The molecular formula is C13H17NO2. The standard InChI is InChI=1S/C13H17NO2/c1-13(2)8-12(16-10-15)14(13)9-11-6-4-3-5-7-11/h3-7,10,12H,8-9H2,1-2H3. The summed E-state index contributed by atoms with van der Waals surface area (Å²) in [5, 5.41) is 0. The van der Waals surface area contributed by atoms with Crippen molar-refractivity contribution < 1.29 is 9.53 Å². The first-order valence-electron chi connectivity index (χ1n) is 5.53. The van der Waals surface area contributed by atoms with Crippen LogP contribution in [-0.2, 0) is 16.1 Å². The van der Waals surface area contributed by atoms with Crippen molar-refractivity contribution >= 4 is 6.47 Å². The van der Waals surface area contributed by atoms with E-state index in [1.165, 1.54) is 5.56 Å². The fraction of sp³-hybridized carbons (Fsp3) is 0.462. The molecule has 3 nitrogen and oxygen atoms in total. The van der Waals surface area contributed by atoms with Gasteiger partial charge in [-0.3, -0.25) is 9.69 Å². The third kappa shape index (κ3) is 2.09. The molecule has 0 amide bonds. The van der Waals surface area contributed by atoms with Crippen LogP contribution < -0.4 is 0 Å². The maximum Gasteiger partial charge on any atom is 0.294 e. The minimum Gasteiger partial charge on any atom is -0.448 e. The molecule has 1 saturated heterocycles. The number of nitrogens with zero attached hydrogens (tertiary/aromatic N) is 1. The summed E-state index contributed by atoms with van der Waals surface area (Å²) in [4.78, 5) is 12.6. The second-order valence-corrected chi connectivity index (χ2v) is 4.82. The van der Waals surface area contributed by atoms with E-state index >= 15 is 0 Å². The van der Waals surface area contributed by atoms with Gasteiger partial charge in [-0.05, 0) is 19.4 Å². The van der Waals surface area contributed by atoms with Crippen LogP contribution >= 0.6 is 0 Å². The molecule has 0 radical (unpaired) electrons. The fourth-order valence-electron chi connectivity index (χ4n) is 2.21. The molecule has 0 aromatic heterocycles. The number of benzene rings is 1. The van der Waals surface area contributed by atoms with E-state index in [0.29, 0.717) is 6.47 Å². The van der Waals surface area contributed by atoms with Crippen molar-refractivity contribution in [2.45, 2.75) is 38.6 Å². The third-order valence-corrected chi connectivity index (χ3v) is 3.21. The molecule has 0 aliphatic carbocycles. The van der Waals surface area contributed by atoms with E-state index < -0.39 is 0 Å². The van der Waals surface area contributed by atoms with Crippen molar-refractivity contribution in [1.82, 2.24) is 4.90 Å². The van der Waals surface area contributed by atoms with E-state index in [0.717, 1.165) is 13.0 Å². The Balaban J connectivity index is 2.04. The quantitative estimate of drug-likeness (QED) is 0.727. The predicted octanol–water partition coefficient (Wildman–Crippen LogP) is 2.17. The summed E-state index contributed by atoms with van der Waals surface area (Å²) >= 11 is 0. The molecule has 1 aliphatic rings. The minimum absolute atomic E-state index is 0.0623. The molecule has 1 atom stereocenters. The van der Waals surface area contributed by atoms with Crippen LogP contribution in [0.3, 0.4) is 0 Å². The van der Waals surface area contributed by atoms with Gasteiger partial charge in [0.15, 0.2) is 6.23 Å². The van der Waals surface area contributed by atoms with E-state index in [4.69, 9.17) is 4.74 Å². The second kappa shape index (κ2) is 4.26. The molecule has 1 aliphatic heterocycles. The van der Waals surface area contributed by atoms with Gasteiger partial charge in [-0.25, -0.2) is 0 Å². The number of ether oxygens (including phenoxy) is 1. The topological polar surface area (TPSA) is 29.5 Å². The van der Waals surface area contributed by atoms with Gasteiger partial charge >= 0.3 is 0 Å². The van der Waals surface area contributed by atoms with Crippen molar-refractivity contribution in [1.29, 1.82) is 0 Å². The predicted molar refractivity (Wildman–Crippen MR) is 61.6 cm³/mol. The third-order valence-electron chi connectivity index (χ3n) is 3.21. The Morgan fingerprint density at radius 2 is 2.12 bits per heavy atom. The van der Waals surface area contributed by atoms with E-state index in [2.05, 4.69) is 30.9 Å². The average molecular weight is 219 g/mol. The largest absolute Gasteiger partial charge is 0.448 e. The molecule has 0 N–H and O–H groups in total. The van der Waals surface area contributed by atoms with Crippen LogP contribution in [0.25, 0.3) is 0 Å². The van der Waals surface area contributed by atoms with Crippen molar-refractivity contribution in [2.24, 2.45) is 0 Å². The minimum atomic E-state index is -0.0623. The molecular weight excluding hydrogens is 202 g/mol. The summed E-state index contributed by atoms with van der Waals surface area (Å²) in [5.74, 6) is 0. The van der Waals surface area contributed by atoms with Crippen LogP contribution in [0.4, 0.5) is 0 Å². The van der Waals surface area contributed by atoms with E-state index in [1.54, 1.807) is 0 Å². The van der Waals surface area contributed by atoms with Crippen LogP contribution in [-0.4, -0.2) is 23.1 Å². The zero-order valence-electron chi connectivity index (χ0n) is 9.72. The molecule has 3 heteroatoms.